The van der Waals surface area contributed by atoms with E-state index in [0.29, 0.717) is 17.5 Å². The van der Waals surface area contributed by atoms with Gasteiger partial charge in [-0.15, -0.1) is 5.10 Å². The summed E-state index contributed by atoms with van der Waals surface area (Å²) in [4.78, 5) is 14.7. The van der Waals surface area contributed by atoms with Gasteiger partial charge >= 0.3 is 0 Å². The molecular formula is C17H23N5O2S. The Bertz CT molecular complexity index is 723. The topological polar surface area (TPSA) is 77.1 Å². The molecule has 1 amide bonds. The molecule has 25 heavy (non-hydrogen) atoms. The lowest BCUT2D eigenvalue weighted by molar-refractivity contribution is -0.127. The number of carbonyl (C=O) groups is 1. The predicted molar refractivity (Wildman–Crippen MR) is 94.7 cm³/mol. The number of hydrogen-bond acceptors (Lipinski definition) is 6. The molecule has 1 aliphatic carbocycles. The summed E-state index contributed by atoms with van der Waals surface area (Å²) in [6, 6.07) is 3.91. The number of nitrogens with zero attached hydrogens (tertiary/aromatic N) is 5. The molecule has 0 N–H and O–H groups in total. The Morgan fingerprint density at radius 1 is 1.44 bits per heavy atom. The zero-order chi connectivity index (χ0) is 17.6. The maximum Gasteiger partial charge on any atom is 0.237 e. The Hall–Kier alpha value is -2.09. The SMILES string of the molecule is CC(C)n1nnnc1SCC(=O)N(Cc1ccco1)C1=CCCCC1. The minimum Gasteiger partial charge on any atom is -0.467 e. The highest BCUT2D eigenvalue weighted by Crippen LogP contribution is 2.25. The number of furan rings is 1. The third-order valence-electron chi connectivity index (χ3n) is 4.09. The molecule has 0 aliphatic heterocycles. The predicted octanol–water partition coefficient (Wildman–Crippen LogP) is 3.43. The second-order valence-electron chi connectivity index (χ2n) is 6.29. The minimum absolute atomic E-state index is 0.0489. The normalized spacial score (nSPS) is 14.6. The second kappa shape index (κ2) is 8.33. The van der Waals surface area contributed by atoms with E-state index in [2.05, 4.69) is 21.6 Å². The Kier molecular flexibility index (Phi) is 5.91. The Morgan fingerprint density at radius 3 is 3.00 bits per heavy atom. The fraction of sp³-hybridized carbons (Fsp3) is 0.529. The van der Waals surface area contributed by atoms with Gasteiger partial charge in [0.25, 0.3) is 0 Å². The van der Waals surface area contributed by atoms with E-state index in [-0.39, 0.29) is 11.9 Å². The maximum atomic E-state index is 12.9. The highest BCUT2D eigenvalue weighted by Gasteiger charge is 2.22. The fourth-order valence-corrected chi connectivity index (χ4v) is 3.67. The van der Waals surface area contributed by atoms with Crippen LogP contribution in [0.2, 0.25) is 0 Å². The van der Waals surface area contributed by atoms with Crippen LogP contribution in [0, 0.1) is 0 Å². The summed E-state index contributed by atoms with van der Waals surface area (Å²) in [5.41, 5.74) is 1.09. The molecule has 0 spiro atoms. The van der Waals surface area contributed by atoms with Crippen LogP contribution in [0.1, 0.15) is 51.3 Å². The van der Waals surface area contributed by atoms with Crippen molar-refractivity contribution in [3.63, 3.8) is 0 Å². The van der Waals surface area contributed by atoms with Gasteiger partial charge in [0.1, 0.15) is 5.76 Å². The zero-order valence-electron chi connectivity index (χ0n) is 14.6. The summed E-state index contributed by atoms with van der Waals surface area (Å²) in [7, 11) is 0. The van der Waals surface area contributed by atoms with Crippen molar-refractivity contribution in [1.29, 1.82) is 0 Å². The van der Waals surface area contributed by atoms with Crippen LogP contribution in [-0.4, -0.2) is 36.8 Å². The van der Waals surface area contributed by atoms with Crippen molar-refractivity contribution in [1.82, 2.24) is 25.1 Å². The molecule has 0 aromatic carbocycles. The molecule has 8 heteroatoms. The monoisotopic (exact) mass is 361 g/mol. The van der Waals surface area contributed by atoms with Crippen molar-refractivity contribution < 1.29 is 9.21 Å². The number of aromatic nitrogens is 4. The van der Waals surface area contributed by atoms with Gasteiger partial charge in [-0.25, -0.2) is 4.68 Å². The van der Waals surface area contributed by atoms with E-state index in [1.54, 1.807) is 10.9 Å². The molecule has 0 unspecified atom stereocenters. The standard InChI is InChI=1S/C17H23N5O2S/c1-13(2)22-17(18-19-20-22)25-12-16(23)21(11-15-9-6-10-24-15)14-7-4-3-5-8-14/h6-7,9-10,13H,3-5,8,11-12H2,1-2H3. The summed E-state index contributed by atoms with van der Waals surface area (Å²) >= 11 is 1.37. The van der Waals surface area contributed by atoms with Crippen LogP contribution < -0.4 is 0 Å². The van der Waals surface area contributed by atoms with Gasteiger partial charge in [0, 0.05) is 5.70 Å². The van der Waals surface area contributed by atoms with Gasteiger partial charge in [0.2, 0.25) is 11.1 Å². The number of hydrogen-bond donors (Lipinski definition) is 0. The Balaban J connectivity index is 1.70. The van der Waals surface area contributed by atoms with Crippen LogP contribution in [-0.2, 0) is 11.3 Å². The van der Waals surface area contributed by atoms with E-state index in [0.717, 1.165) is 30.7 Å². The first-order valence-corrected chi connectivity index (χ1v) is 9.56. The molecular weight excluding hydrogens is 338 g/mol. The number of allylic oxidation sites excluding steroid dienone is 2. The summed E-state index contributed by atoms with van der Waals surface area (Å²) in [6.45, 7) is 4.49. The molecule has 0 fully saturated rings. The second-order valence-corrected chi connectivity index (χ2v) is 7.23. The van der Waals surface area contributed by atoms with Gasteiger partial charge < -0.3 is 9.32 Å². The van der Waals surface area contributed by atoms with E-state index in [4.69, 9.17) is 4.42 Å². The molecule has 2 aromatic rings. The third kappa shape index (κ3) is 4.50. The number of thioether (sulfide) groups is 1. The number of rotatable bonds is 7. The average molecular weight is 361 g/mol. The largest absolute Gasteiger partial charge is 0.467 e. The molecule has 2 aromatic heterocycles. The van der Waals surface area contributed by atoms with E-state index >= 15 is 0 Å². The van der Waals surface area contributed by atoms with E-state index in [1.807, 2.05) is 30.9 Å². The van der Waals surface area contributed by atoms with Gasteiger partial charge in [0.05, 0.1) is 24.6 Å². The number of tetrazole rings is 1. The molecule has 7 nitrogen and oxygen atoms in total. The fourth-order valence-electron chi connectivity index (χ4n) is 2.78. The van der Waals surface area contributed by atoms with E-state index in [1.165, 1.54) is 18.2 Å². The smallest absolute Gasteiger partial charge is 0.237 e. The zero-order valence-corrected chi connectivity index (χ0v) is 15.4. The molecule has 2 heterocycles. The molecule has 1 aliphatic rings. The lowest BCUT2D eigenvalue weighted by atomic mass is 10.0. The van der Waals surface area contributed by atoms with Gasteiger partial charge in [-0.1, -0.05) is 17.8 Å². The summed E-state index contributed by atoms with van der Waals surface area (Å²) < 4.78 is 7.17. The van der Waals surface area contributed by atoms with E-state index < -0.39 is 0 Å². The molecule has 0 saturated carbocycles. The average Bonchev–Trinajstić information content (AvgIpc) is 3.30. The van der Waals surface area contributed by atoms with Crippen molar-refractivity contribution in [2.75, 3.05) is 5.75 Å². The van der Waals surface area contributed by atoms with Crippen LogP contribution in [0.5, 0.6) is 0 Å². The molecule has 0 bridgehead atoms. The number of amides is 1. The van der Waals surface area contributed by atoms with Crippen LogP contribution in [0.25, 0.3) is 0 Å². The van der Waals surface area contributed by atoms with Crippen molar-refractivity contribution >= 4 is 17.7 Å². The van der Waals surface area contributed by atoms with Crippen molar-refractivity contribution in [3.8, 4) is 0 Å². The first kappa shape index (κ1) is 17.7. The summed E-state index contributed by atoms with van der Waals surface area (Å²) in [5, 5.41) is 12.4. The molecule has 134 valence electrons. The van der Waals surface area contributed by atoms with E-state index in [9.17, 15) is 4.79 Å². The first-order chi connectivity index (χ1) is 12.1. The maximum absolute atomic E-state index is 12.9. The third-order valence-corrected chi connectivity index (χ3v) is 5.00. The quantitative estimate of drug-likeness (QED) is 0.703. The molecule has 0 saturated heterocycles. The van der Waals surface area contributed by atoms with Crippen molar-refractivity contribution in [2.24, 2.45) is 0 Å². The van der Waals surface area contributed by atoms with Crippen LogP contribution >= 0.6 is 11.8 Å². The van der Waals surface area contributed by atoms with Crippen LogP contribution in [0.3, 0.4) is 0 Å². The summed E-state index contributed by atoms with van der Waals surface area (Å²) in [5.74, 6) is 1.13. The molecule has 0 radical (unpaired) electrons. The van der Waals surface area contributed by atoms with Crippen LogP contribution in [0.4, 0.5) is 0 Å². The highest BCUT2D eigenvalue weighted by molar-refractivity contribution is 7.99. The Labute approximate surface area is 151 Å². The lowest BCUT2D eigenvalue weighted by Crippen LogP contribution is -2.32. The molecule has 0 atom stereocenters. The summed E-state index contributed by atoms with van der Waals surface area (Å²) in [6.07, 6.45) is 8.07. The van der Waals surface area contributed by atoms with Crippen LogP contribution in [0.15, 0.2) is 39.7 Å². The number of carbonyl (C=O) groups excluding carboxylic acids is 1. The molecule has 3 rings (SSSR count). The van der Waals surface area contributed by atoms with Gasteiger partial charge in [-0.2, -0.15) is 0 Å². The minimum atomic E-state index is 0.0489. The highest BCUT2D eigenvalue weighted by atomic mass is 32.2. The lowest BCUT2D eigenvalue weighted by Gasteiger charge is -2.27. The first-order valence-electron chi connectivity index (χ1n) is 8.57. The van der Waals surface area contributed by atoms with Gasteiger partial charge in [-0.3, -0.25) is 4.79 Å². The van der Waals surface area contributed by atoms with Gasteiger partial charge in [-0.05, 0) is 62.1 Å². The van der Waals surface area contributed by atoms with Crippen molar-refractivity contribution in [3.05, 3.63) is 35.9 Å². The Morgan fingerprint density at radius 2 is 2.32 bits per heavy atom. The van der Waals surface area contributed by atoms with Gasteiger partial charge in [0.15, 0.2) is 0 Å². The van der Waals surface area contributed by atoms with Crippen molar-refractivity contribution in [2.45, 2.75) is 57.3 Å².